The second kappa shape index (κ2) is 5.85. The second-order valence-electron chi connectivity index (χ2n) is 4.66. The van der Waals surface area contributed by atoms with Crippen LogP contribution in [0.15, 0.2) is 35.9 Å². The monoisotopic (exact) mass is 244 g/mol. The molecule has 0 bridgehead atoms. The highest BCUT2D eigenvalue weighted by molar-refractivity contribution is 6.03. The van der Waals surface area contributed by atoms with Crippen molar-refractivity contribution in [1.82, 2.24) is 0 Å². The third-order valence-electron chi connectivity index (χ3n) is 3.39. The van der Waals surface area contributed by atoms with Crippen LogP contribution in [0.25, 0.3) is 5.57 Å². The summed E-state index contributed by atoms with van der Waals surface area (Å²) in [6.45, 7) is 4.23. The van der Waals surface area contributed by atoms with Gasteiger partial charge >= 0.3 is 5.97 Å². The molecule has 96 valence electrons. The van der Waals surface area contributed by atoms with Gasteiger partial charge in [0.05, 0.1) is 5.57 Å². The van der Waals surface area contributed by atoms with Crippen molar-refractivity contribution in [1.29, 1.82) is 0 Å². The quantitative estimate of drug-likeness (QED) is 0.578. The highest BCUT2D eigenvalue weighted by Gasteiger charge is 2.37. The zero-order valence-electron chi connectivity index (χ0n) is 11.1. The van der Waals surface area contributed by atoms with Gasteiger partial charge in [0.15, 0.2) is 0 Å². The van der Waals surface area contributed by atoms with Crippen molar-refractivity contribution in [2.45, 2.75) is 45.6 Å². The SMILES string of the molecule is CCCC/C(=C1/C(=O)OC1CC)c1ccccc1. The molecular formula is C16H20O2. The number of rotatable bonds is 5. The summed E-state index contributed by atoms with van der Waals surface area (Å²) < 4.78 is 5.19. The average molecular weight is 244 g/mol. The molecule has 1 aromatic rings. The Balaban J connectivity index is 2.36. The van der Waals surface area contributed by atoms with E-state index in [1.807, 2.05) is 18.2 Å². The number of carbonyl (C=O) groups is 1. The zero-order valence-corrected chi connectivity index (χ0v) is 11.1. The van der Waals surface area contributed by atoms with Gasteiger partial charge in [0.2, 0.25) is 0 Å². The Kier molecular flexibility index (Phi) is 4.19. The van der Waals surface area contributed by atoms with E-state index in [9.17, 15) is 4.79 Å². The van der Waals surface area contributed by atoms with Crippen LogP contribution in [0.1, 0.15) is 45.1 Å². The number of benzene rings is 1. The van der Waals surface area contributed by atoms with E-state index in [1.165, 1.54) is 5.57 Å². The molecular weight excluding hydrogens is 224 g/mol. The van der Waals surface area contributed by atoms with Crippen molar-refractivity contribution in [3.8, 4) is 0 Å². The fourth-order valence-corrected chi connectivity index (χ4v) is 2.36. The summed E-state index contributed by atoms with van der Waals surface area (Å²) in [6.07, 6.45) is 4.07. The van der Waals surface area contributed by atoms with Gasteiger partial charge in [-0.05, 0) is 30.4 Å². The number of hydrogen-bond acceptors (Lipinski definition) is 2. The van der Waals surface area contributed by atoms with Crippen LogP contribution in [0.5, 0.6) is 0 Å². The van der Waals surface area contributed by atoms with Crippen LogP contribution in [-0.4, -0.2) is 12.1 Å². The maximum absolute atomic E-state index is 11.7. The van der Waals surface area contributed by atoms with Crippen LogP contribution in [-0.2, 0) is 9.53 Å². The summed E-state index contributed by atoms with van der Waals surface area (Å²) >= 11 is 0. The van der Waals surface area contributed by atoms with Crippen molar-refractivity contribution in [2.75, 3.05) is 0 Å². The summed E-state index contributed by atoms with van der Waals surface area (Å²) in [5.41, 5.74) is 3.24. The standard InChI is InChI=1S/C16H20O2/c1-3-5-11-13(12-9-7-6-8-10-12)15-14(4-2)18-16(15)17/h6-10,14H,3-5,11H2,1-2H3/b15-13-. The molecule has 0 spiro atoms. The maximum Gasteiger partial charge on any atom is 0.338 e. The van der Waals surface area contributed by atoms with E-state index in [1.54, 1.807) is 0 Å². The summed E-state index contributed by atoms with van der Waals surface area (Å²) in [5.74, 6) is -0.128. The van der Waals surface area contributed by atoms with Crippen molar-refractivity contribution >= 4 is 11.5 Å². The van der Waals surface area contributed by atoms with Crippen LogP contribution < -0.4 is 0 Å². The lowest BCUT2D eigenvalue weighted by atomic mass is 9.89. The predicted octanol–water partition coefficient (Wildman–Crippen LogP) is 3.97. The number of hydrogen-bond donors (Lipinski definition) is 0. The van der Waals surface area contributed by atoms with E-state index >= 15 is 0 Å². The van der Waals surface area contributed by atoms with Gasteiger partial charge in [-0.1, -0.05) is 50.6 Å². The Morgan fingerprint density at radius 2 is 1.94 bits per heavy atom. The lowest BCUT2D eigenvalue weighted by Gasteiger charge is -2.31. The number of cyclic esters (lactones) is 1. The van der Waals surface area contributed by atoms with E-state index in [-0.39, 0.29) is 12.1 Å². The molecule has 2 rings (SSSR count). The Labute approximate surface area is 109 Å². The number of ether oxygens (including phenoxy) is 1. The molecule has 0 amide bonds. The van der Waals surface area contributed by atoms with E-state index in [0.29, 0.717) is 0 Å². The zero-order chi connectivity index (χ0) is 13.0. The van der Waals surface area contributed by atoms with Gasteiger partial charge < -0.3 is 4.74 Å². The molecule has 1 unspecified atom stereocenters. The van der Waals surface area contributed by atoms with Gasteiger partial charge in [0, 0.05) is 0 Å². The average Bonchev–Trinajstić information content (AvgIpc) is 2.41. The molecule has 2 heteroatoms. The summed E-state index contributed by atoms with van der Waals surface area (Å²) in [4.78, 5) is 11.7. The van der Waals surface area contributed by atoms with Crippen molar-refractivity contribution in [3.63, 3.8) is 0 Å². The summed E-state index contributed by atoms with van der Waals surface area (Å²) in [5, 5.41) is 0. The molecule has 1 aliphatic heterocycles. The molecule has 0 aliphatic carbocycles. The molecule has 0 saturated carbocycles. The maximum atomic E-state index is 11.7. The Morgan fingerprint density at radius 3 is 2.50 bits per heavy atom. The van der Waals surface area contributed by atoms with Crippen molar-refractivity contribution in [3.05, 3.63) is 41.5 Å². The first kappa shape index (κ1) is 12.9. The number of allylic oxidation sites excluding steroid dienone is 1. The van der Waals surface area contributed by atoms with Gasteiger partial charge in [-0.15, -0.1) is 0 Å². The summed E-state index contributed by atoms with van der Waals surface area (Å²) in [6, 6.07) is 10.2. The third-order valence-corrected chi connectivity index (χ3v) is 3.39. The minimum Gasteiger partial charge on any atom is -0.454 e. The van der Waals surface area contributed by atoms with Gasteiger partial charge in [-0.2, -0.15) is 0 Å². The first-order chi connectivity index (χ1) is 8.77. The molecule has 18 heavy (non-hydrogen) atoms. The minimum absolute atomic E-state index is 0.00422. The molecule has 1 atom stereocenters. The van der Waals surface area contributed by atoms with Gasteiger partial charge in [-0.3, -0.25) is 0 Å². The fraction of sp³-hybridized carbons (Fsp3) is 0.438. The fourth-order valence-electron chi connectivity index (χ4n) is 2.36. The van der Waals surface area contributed by atoms with Crippen LogP contribution in [0.3, 0.4) is 0 Å². The topological polar surface area (TPSA) is 26.3 Å². The smallest absolute Gasteiger partial charge is 0.338 e. The predicted molar refractivity (Wildman–Crippen MR) is 73.1 cm³/mol. The number of unbranched alkanes of at least 4 members (excludes halogenated alkanes) is 1. The number of esters is 1. The first-order valence-corrected chi connectivity index (χ1v) is 6.77. The molecule has 1 saturated heterocycles. The third kappa shape index (κ3) is 2.47. The lowest BCUT2D eigenvalue weighted by Crippen LogP contribution is -2.37. The lowest BCUT2D eigenvalue weighted by molar-refractivity contribution is -0.155. The van der Waals surface area contributed by atoms with E-state index in [4.69, 9.17) is 4.74 Å². The second-order valence-corrected chi connectivity index (χ2v) is 4.66. The summed E-state index contributed by atoms with van der Waals surface area (Å²) in [7, 11) is 0. The first-order valence-electron chi connectivity index (χ1n) is 6.77. The highest BCUT2D eigenvalue weighted by Crippen LogP contribution is 2.34. The molecule has 1 fully saturated rings. The molecule has 1 heterocycles. The molecule has 1 aromatic carbocycles. The van der Waals surface area contributed by atoms with Crippen molar-refractivity contribution < 1.29 is 9.53 Å². The number of carbonyl (C=O) groups excluding carboxylic acids is 1. The van der Waals surface area contributed by atoms with Gasteiger partial charge in [0.25, 0.3) is 0 Å². The Morgan fingerprint density at radius 1 is 1.22 bits per heavy atom. The normalized spacial score (nSPS) is 21.2. The van der Waals surface area contributed by atoms with E-state index in [2.05, 4.69) is 26.0 Å². The molecule has 0 N–H and O–H groups in total. The highest BCUT2D eigenvalue weighted by atomic mass is 16.6. The van der Waals surface area contributed by atoms with Gasteiger partial charge in [-0.25, -0.2) is 4.79 Å². The van der Waals surface area contributed by atoms with Crippen LogP contribution in [0.4, 0.5) is 0 Å². The largest absolute Gasteiger partial charge is 0.454 e. The Bertz CT molecular complexity index is 445. The molecule has 2 nitrogen and oxygen atoms in total. The van der Waals surface area contributed by atoms with E-state index < -0.39 is 0 Å². The van der Waals surface area contributed by atoms with Crippen LogP contribution >= 0.6 is 0 Å². The van der Waals surface area contributed by atoms with Crippen LogP contribution in [0, 0.1) is 0 Å². The minimum atomic E-state index is -0.128. The Hall–Kier alpha value is -1.57. The molecule has 1 aliphatic rings. The van der Waals surface area contributed by atoms with E-state index in [0.717, 1.165) is 36.8 Å². The molecule has 0 aromatic heterocycles. The molecule has 0 radical (unpaired) electrons. The van der Waals surface area contributed by atoms with Gasteiger partial charge in [0.1, 0.15) is 6.10 Å². The van der Waals surface area contributed by atoms with Crippen LogP contribution in [0.2, 0.25) is 0 Å². The van der Waals surface area contributed by atoms with Crippen molar-refractivity contribution in [2.24, 2.45) is 0 Å².